The second-order valence-corrected chi connectivity index (χ2v) is 20.3. The molecule has 8 rings (SSSR count). The number of rotatable bonds is 9. The topological polar surface area (TPSA) is 0 Å². The standard InChI is InChI=1S/C29H26P.C26H20P.2CH3/c1-6-16-26(17-7-1)18-8-5-15-25-30(27-19-9-2-10-20-27,28-21-11-3-12-22-28)29-23-13-4-14-24-29;1-5-13-23(14-6-1)21-22-27(24-15-7-2-8-16-24,25-17-9-3-10-18-25)26-19-11-4-12-20-26;;/h1-4,6-7,9-14,16-17,19-24H,5,15,25H2;1-20H;2*1H3/q2*+1;2*-1. The lowest BCUT2D eigenvalue weighted by atomic mass is 10.2. The predicted molar refractivity (Wildman–Crippen MR) is 264 cm³/mol. The molecule has 8 aromatic carbocycles. The highest BCUT2D eigenvalue weighted by atomic mass is 31.2. The van der Waals surface area contributed by atoms with Crippen LogP contribution in [0.5, 0.6) is 0 Å². The van der Waals surface area contributed by atoms with Crippen molar-refractivity contribution in [2.24, 2.45) is 0 Å². The summed E-state index contributed by atoms with van der Waals surface area (Å²) in [4.78, 5) is 0. The Morgan fingerprint density at radius 2 is 0.576 bits per heavy atom. The Morgan fingerprint density at radius 3 is 0.898 bits per heavy atom. The van der Waals surface area contributed by atoms with Gasteiger partial charge >= 0.3 is 0 Å². The van der Waals surface area contributed by atoms with Gasteiger partial charge < -0.3 is 14.9 Å². The second-order valence-electron chi connectivity index (χ2n) is 13.6. The van der Waals surface area contributed by atoms with E-state index in [1.165, 1.54) is 31.8 Å². The van der Waals surface area contributed by atoms with Gasteiger partial charge in [0.2, 0.25) is 0 Å². The summed E-state index contributed by atoms with van der Waals surface area (Å²) in [5.74, 6) is 10.2. The van der Waals surface area contributed by atoms with E-state index in [4.69, 9.17) is 0 Å². The minimum Gasteiger partial charge on any atom is -0.358 e. The van der Waals surface area contributed by atoms with Crippen LogP contribution in [0.3, 0.4) is 0 Å². The van der Waals surface area contributed by atoms with E-state index in [-0.39, 0.29) is 14.9 Å². The van der Waals surface area contributed by atoms with Crippen LogP contribution in [0.4, 0.5) is 0 Å². The molecule has 0 unspecified atom stereocenters. The molecular weight excluding hydrogens is 747 g/mol. The van der Waals surface area contributed by atoms with Crippen molar-refractivity contribution in [3.05, 3.63) is 269 Å². The van der Waals surface area contributed by atoms with Gasteiger partial charge in [-0.05, 0) is 109 Å². The Labute approximate surface area is 355 Å². The van der Waals surface area contributed by atoms with Gasteiger partial charge in [-0.2, -0.15) is 0 Å². The minimum atomic E-state index is -2.08. The summed E-state index contributed by atoms with van der Waals surface area (Å²) in [6, 6.07) is 85.9. The monoisotopic (exact) mass is 798 g/mol. The van der Waals surface area contributed by atoms with Gasteiger partial charge in [-0.25, -0.2) is 0 Å². The summed E-state index contributed by atoms with van der Waals surface area (Å²) in [6.45, 7) is 0. The molecule has 290 valence electrons. The molecule has 0 aliphatic heterocycles. The molecule has 0 aliphatic carbocycles. The molecule has 0 aromatic heterocycles. The third-order valence-electron chi connectivity index (χ3n) is 9.96. The Kier molecular flexibility index (Phi) is 16.8. The van der Waals surface area contributed by atoms with Crippen molar-refractivity contribution in [2.45, 2.75) is 12.8 Å². The Morgan fingerprint density at radius 1 is 0.305 bits per heavy atom. The zero-order chi connectivity index (χ0) is 38.9. The highest BCUT2D eigenvalue weighted by molar-refractivity contribution is 7.99. The van der Waals surface area contributed by atoms with Crippen LogP contribution in [0.1, 0.15) is 24.0 Å². The van der Waals surface area contributed by atoms with Gasteiger partial charge in [-0.3, -0.25) is 0 Å². The molecule has 2 heteroatoms. The first-order valence-electron chi connectivity index (χ1n) is 19.5. The van der Waals surface area contributed by atoms with Crippen LogP contribution in [0, 0.1) is 38.3 Å². The average molecular weight is 799 g/mol. The fraction of sp³-hybridized carbons (Fsp3) is 0.0526. The largest absolute Gasteiger partial charge is 0.358 e. The van der Waals surface area contributed by atoms with Crippen molar-refractivity contribution in [2.75, 3.05) is 6.16 Å². The summed E-state index contributed by atoms with van der Waals surface area (Å²) in [5, 5.41) is 8.18. The van der Waals surface area contributed by atoms with E-state index >= 15 is 0 Å². The molecule has 0 radical (unpaired) electrons. The third kappa shape index (κ3) is 10.8. The number of hydrogen-bond acceptors (Lipinski definition) is 0. The molecule has 0 saturated heterocycles. The van der Waals surface area contributed by atoms with Gasteiger partial charge in [-0.1, -0.05) is 157 Å². The van der Waals surface area contributed by atoms with Crippen LogP contribution in [0.15, 0.2) is 243 Å². The van der Waals surface area contributed by atoms with Crippen LogP contribution in [0.25, 0.3) is 0 Å². The molecule has 0 fully saturated rings. The molecule has 0 N–H and O–H groups in total. The van der Waals surface area contributed by atoms with Gasteiger partial charge in [0.05, 0.1) is 11.8 Å². The molecule has 8 aromatic rings. The molecule has 0 nitrogen and oxygen atoms in total. The first kappa shape index (κ1) is 43.9. The zero-order valence-corrected chi connectivity index (χ0v) is 35.9. The SMILES string of the molecule is C(#C[P+](c1ccccc1)(c1ccccc1)c1ccccc1)c1ccccc1.C(#Cc1ccccc1)CCC[P+](c1ccccc1)(c1ccccc1)c1ccccc1.[CH3-].[CH3-]. The summed E-state index contributed by atoms with van der Waals surface area (Å²) in [6.07, 6.45) is 3.10. The third-order valence-corrected chi connectivity index (χ3v) is 18.2. The Balaban J connectivity index is 0.000000218. The maximum Gasteiger partial charge on any atom is 0.189 e. The van der Waals surface area contributed by atoms with Crippen LogP contribution >= 0.6 is 14.5 Å². The van der Waals surface area contributed by atoms with Crippen molar-refractivity contribution in [3.8, 4) is 23.4 Å². The number of hydrogen-bond donors (Lipinski definition) is 0. The van der Waals surface area contributed by atoms with Gasteiger partial charge in [-0.15, -0.1) is 0 Å². The van der Waals surface area contributed by atoms with Gasteiger partial charge in [0, 0.05) is 17.5 Å². The molecule has 0 bridgehead atoms. The lowest BCUT2D eigenvalue weighted by Gasteiger charge is -2.27. The average Bonchev–Trinajstić information content (AvgIpc) is 3.31. The molecule has 0 saturated carbocycles. The van der Waals surface area contributed by atoms with Crippen LogP contribution in [-0.4, -0.2) is 6.16 Å². The first-order chi connectivity index (χ1) is 28.3. The maximum atomic E-state index is 3.76. The maximum absolute atomic E-state index is 3.76. The smallest absolute Gasteiger partial charge is 0.189 e. The summed E-state index contributed by atoms with van der Waals surface area (Å²) >= 11 is 0. The van der Waals surface area contributed by atoms with Gasteiger partial charge in [0.25, 0.3) is 0 Å². The predicted octanol–water partition coefficient (Wildman–Crippen LogP) is 11.7. The van der Waals surface area contributed by atoms with Gasteiger partial charge in [0.15, 0.2) is 7.26 Å². The highest BCUT2D eigenvalue weighted by Crippen LogP contribution is 2.56. The second kappa shape index (κ2) is 22.6. The summed E-state index contributed by atoms with van der Waals surface area (Å²) in [5.41, 5.74) is 5.90. The van der Waals surface area contributed by atoms with Gasteiger partial charge in [0.1, 0.15) is 39.1 Å². The van der Waals surface area contributed by atoms with Crippen molar-refractivity contribution in [1.82, 2.24) is 0 Å². The van der Waals surface area contributed by atoms with Crippen LogP contribution in [0.2, 0.25) is 0 Å². The molecule has 0 heterocycles. The van der Waals surface area contributed by atoms with Crippen molar-refractivity contribution in [1.29, 1.82) is 0 Å². The van der Waals surface area contributed by atoms with Crippen molar-refractivity contribution < 1.29 is 0 Å². The van der Waals surface area contributed by atoms with Crippen LogP contribution < -0.4 is 31.8 Å². The highest BCUT2D eigenvalue weighted by Gasteiger charge is 2.45. The fourth-order valence-electron chi connectivity index (χ4n) is 7.24. The van der Waals surface area contributed by atoms with E-state index in [1.807, 2.05) is 36.4 Å². The quantitative estimate of drug-likeness (QED) is 0.0591. The number of unbranched alkanes of at least 4 members (excludes halogenated alkanes) is 1. The van der Waals surface area contributed by atoms with E-state index in [0.29, 0.717) is 0 Å². The van der Waals surface area contributed by atoms with E-state index in [2.05, 4.69) is 230 Å². The molecule has 0 amide bonds. The number of benzene rings is 8. The van der Waals surface area contributed by atoms with E-state index < -0.39 is 14.5 Å². The molecule has 0 atom stereocenters. The molecule has 59 heavy (non-hydrogen) atoms. The lowest BCUT2D eigenvalue weighted by Crippen LogP contribution is -2.33. The summed E-state index contributed by atoms with van der Waals surface area (Å²) in [7, 11) is -3.81. The Bertz CT molecular complexity index is 2310. The van der Waals surface area contributed by atoms with Crippen molar-refractivity contribution in [3.63, 3.8) is 0 Å². The zero-order valence-electron chi connectivity index (χ0n) is 34.1. The fourth-order valence-corrected chi connectivity index (χ4v) is 15.0. The molecular formula is C57H52P2. The van der Waals surface area contributed by atoms with E-state index in [0.717, 1.165) is 30.1 Å². The van der Waals surface area contributed by atoms with Crippen molar-refractivity contribution >= 4 is 46.4 Å². The van der Waals surface area contributed by atoms with Crippen LogP contribution in [-0.2, 0) is 0 Å². The molecule has 0 aliphatic rings. The molecule has 0 spiro atoms. The lowest BCUT2D eigenvalue weighted by molar-refractivity contribution is 0.990. The van der Waals surface area contributed by atoms with E-state index in [9.17, 15) is 0 Å². The minimum absolute atomic E-state index is 0. The first-order valence-corrected chi connectivity index (χ1v) is 23.3. The summed E-state index contributed by atoms with van der Waals surface area (Å²) < 4.78 is 0. The normalized spacial score (nSPS) is 10.4. The Hall–Kier alpha value is -6.26. The van der Waals surface area contributed by atoms with E-state index in [1.54, 1.807) is 0 Å².